The number of phenols is 4. The first-order valence-electron chi connectivity index (χ1n) is 18.0. The van der Waals surface area contributed by atoms with Gasteiger partial charge < -0.3 is 47.0 Å². The van der Waals surface area contributed by atoms with E-state index in [0.717, 1.165) is 12.8 Å². The summed E-state index contributed by atoms with van der Waals surface area (Å²) in [5, 5.41) is 63.2. The van der Waals surface area contributed by atoms with E-state index in [-0.39, 0.29) is 41.1 Å². The van der Waals surface area contributed by atoms with Crippen LogP contribution in [0.15, 0.2) is 84.9 Å². The van der Waals surface area contributed by atoms with Crippen LogP contribution in [-0.2, 0) is 12.8 Å². The van der Waals surface area contributed by atoms with Crippen LogP contribution in [0.25, 0.3) is 0 Å². The number of hydrogen-bond donors (Lipinski definition) is 9. The number of benzene rings is 4. The van der Waals surface area contributed by atoms with Gasteiger partial charge in [0, 0.05) is 36.6 Å². The Balaban J connectivity index is 0.000000208. The molecule has 0 amide bonds. The monoisotopic (exact) mass is 701 g/mol. The highest BCUT2D eigenvalue weighted by Crippen LogP contribution is 2.39. The Morgan fingerprint density at radius 2 is 1.27 bits per heavy atom. The third kappa shape index (κ3) is 12.6. The van der Waals surface area contributed by atoms with E-state index in [1.54, 1.807) is 12.1 Å². The van der Waals surface area contributed by atoms with Gasteiger partial charge in [-0.05, 0) is 90.3 Å². The smallest absolute Gasteiger partial charge is 0.157 e. The molecular formula is C42H59N3O6. The zero-order chi connectivity index (χ0) is 37.7. The average molecular weight is 702 g/mol. The van der Waals surface area contributed by atoms with E-state index in [9.17, 15) is 25.5 Å². The molecule has 9 heteroatoms. The van der Waals surface area contributed by atoms with Gasteiger partial charge in [-0.15, -0.1) is 0 Å². The number of rotatable bonds is 12. The average Bonchev–Trinajstić information content (AvgIpc) is 3.53. The molecule has 278 valence electrons. The summed E-state index contributed by atoms with van der Waals surface area (Å²) in [6.45, 7) is 12.5. The fraction of sp³-hybridized carbons (Fsp3) is 0.429. The summed E-state index contributed by atoms with van der Waals surface area (Å²) in [4.78, 5) is 0. The van der Waals surface area contributed by atoms with Crippen LogP contribution in [0.3, 0.4) is 0 Å². The second-order valence-electron chi connectivity index (χ2n) is 14.0. The lowest BCUT2D eigenvalue weighted by atomic mass is 9.87. The molecule has 0 fully saturated rings. The normalized spacial score (nSPS) is 15.9. The van der Waals surface area contributed by atoms with Crippen molar-refractivity contribution in [3.63, 3.8) is 0 Å². The highest BCUT2D eigenvalue weighted by atomic mass is 16.3. The minimum absolute atomic E-state index is 0.0704. The summed E-state index contributed by atoms with van der Waals surface area (Å²) in [7, 11) is 0. The van der Waals surface area contributed by atoms with Gasteiger partial charge in [0.25, 0.3) is 0 Å². The van der Waals surface area contributed by atoms with Crippen molar-refractivity contribution < 1.29 is 30.6 Å². The Bertz CT molecular complexity index is 1640. The molecule has 0 saturated heterocycles. The molecule has 0 radical (unpaired) electrons. The lowest BCUT2D eigenvalue weighted by Crippen LogP contribution is -2.38. The Morgan fingerprint density at radius 1 is 0.706 bits per heavy atom. The topological polar surface area (TPSA) is 171 Å². The van der Waals surface area contributed by atoms with E-state index in [4.69, 9.17) is 10.8 Å². The van der Waals surface area contributed by atoms with E-state index < -0.39 is 12.2 Å². The number of aliphatic hydroxyl groups excluding tert-OH is 2. The summed E-state index contributed by atoms with van der Waals surface area (Å²) in [6.07, 6.45) is 2.80. The summed E-state index contributed by atoms with van der Waals surface area (Å²) < 4.78 is 0. The third-order valence-corrected chi connectivity index (χ3v) is 8.92. The molecule has 0 saturated carbocycles. The second-order valence-corrected chi connectivity index (χ2v) is 14.0. The fourth-order valence-corrected chi connectivity index (χ4v) is 6.32. The molecule has 9 nitrogen and oxygen atoms in total. The lowest BCUT2D eigenvalue weighted by molar-refractivity contribution is 0.121. The highest BCUT2D eigenvalue weighted by Gasteiger charge is 2.25. The van der Waals surface area contributed by atoms with Crippen LogP contribution in [0, 0.1) is 0 Å². The molecule has 4 aromatic rings. The highest BCUT2D eigenvalue weighted by molar-refractivity contribution is 5.45. The first-order valence-corrected chi connectivity index (χ1v) is 18.0. The summed E-state index contributed by atoms with van der Waals surface area (Å²) in [5.41, 5.74) is 13.1. The first kappa shape index (κ1) is 41.3. The maximum absolute atomic E-state index is 10.2. The molecule has 0 heterocycles. The molecule has 0 aliphatic heterocycles. The van der Waals surface area contributed by atoms with E-state index >= 15 is 0 Å². The molecule has 4 aromatic carbocycles. The molecule has 0 aromatic heterocycles. The van der Waals surface area contributed by atoms with Gasteiger partial charge in [0.05, 0.1) is 12.2 Å². The quantitative estimate of drug-likeness (QED) is 0.0730. The van der Waals surface area contributed by atoms with Crippen LogP contribution < -0.4 is 16.4 Å². The van der Waals surface area contributed by atoms with Crippen LogP contribution in [0.1, 0.15) is 106 Å². The molecule has 0 bridgehead atoms. The maximum Gasteiger partial charge on any atom is 0.157 e. The predicted molar refractivity (Wildman–Crippen MR) is 205 cm³/mol. The molecule has 5 unspecified atom stereocenters. The minimum atomic E-state index is -0.700. The maximum atomic E-state index is 10.2. The third-order valence-electron chi connectivity index (χ3n) is 8.92. The molecule has 1 aliphatic rings. The van der Waals surface area contributed by atoms with Gasteiger partial charge >= 0.3 is 0 Å². The zero-order valence-electron chi connectivity index (χ0n) is 30.9. The molecular weight excluding hydrogens is 642 g/mol. The van der Waals surface area contributed by atoms with Crippen LogP contribution in [0.5, 0.6) is 23.0 Å². The largest absolute Gasteiger partial charge is 0.504 e. The van der Waals surface area contributed by atoms with Crippen LogP contribution in [0.4, 0.5) is 0 Å². The Labute approximate surface area is 303 Å². The van der Waals surface area contributed by atoms with Crippen molar-refractivity contribution >= 4 is 0 Å². The standard InChI is InChI=1S/C18H21N.C13H21NO3.C11H17NO3/c1-13(19)12-15-7-3-5-9-17(15)18-11-10-14-6-2-4-8-16(14)18;1-4-10(14-8(2)3)13(17)9-5-6-11(15)12(16)7-9;1-7(2)12-6-11(15)8-3-4-9(13)10(14)5-8/h2-9,13,18H,10-12,19H2,1H3;5-8,10,13-17H,4H2,1-3H3;3-5,7,11-15H,6H2,1-2H3. The second kappa shape index (κ2) is 20.1. The Kier molecular flexibility index (Phi) is 16.2. The van der Waals surface area contributed by atoms with Crippen molar-refractivity contribution in [2.75, 3.05) is 6.54 Å². The minimum Gasteiger partial charge on any atom is -0.504 e. The summed E-state index contributed by atoms with van der Waals surface area (Å²) in [6, 6.07) is 27.1. The van der Waals surface area contributed by atoms with E-state index in [1.165, 1.54) is 59.4 Å². The van der Waals surface area contributed by atoms with Crippen LogP contribution in [0.2, 0.25) is 0 Å². The number of nitrogens with one attached hydrogen (secondary N) is 2. The first-order chi connectivity index (χ1) is 24.2. The van der Waals surface area contributed by atoms with Crippen molar-refractivity contribution in [2.24, 2.45) is 5.73 Å². The number of aromatic hydroxyl groups is 4. The molecule has 1 aliphatic carbocycles. The van der Waals surface area contributed by atoms with Crippen LogP contribution >= 0.6 is 0 Å². The van der Waals surface area contributed by atoms with Crippen molar-refractivity contribution in [1.82, 2.24) is 10.6 Å². The molecule has 51 heavy (non-hydrogen) atoms. The van der Waals surface area contributed by atoms with E-state index in [0.29, 0.717) is 29.6 Å². The predicted octanol–water partition coefficient (Wildman–Crippen LogP) is 6.69. The molecule has 0 spiro atoms. The van der Waals surface area contributed by atoms with Gasteiger partial charge in [-0.3, -0.25) is 0 Å². The fourth-order valence-electron chi connectivity index (χ4n) is 6.32. The van der Waals surface area contributed by atoms with Crippen molar-refractivity contribution in [3.05, 3.63) is 118 Å². The molecule has 5 atom stereocenters. The van der Waals surface area contributed by atoms with Crippen molar-refractivity contribution in [3.8, 4) is 23.0 Å². The van der Waals surface area contributed by atoms with E-state index in [2.05, 4.69) is 66.1 Å². The summed E-state index contributed by atoms with van der Waals surface area (Å²) in [5.74, 6) is -0.211. The van der Waals surface area contributed by atoms with Gasteiger partial charge in [0.2, 0.25) is 0 Å². The lowest BCUT2D eigenvalue weighted by Gasteiger charge is -2.25. The van der Waals surface area contributed by atoms with Gasteiger partial charge in [0.1, 0.15) is 0 Å². The number of aryl methyl sites for hydroxylation is 1. The molecule has 5 rings (SSSR count). The Morgan fingerprint density at radius 3 is 1.84 bits per heavy atom. The molecule has 10 N–H and O–H groups in total. The summed E-state index contributed by atoms with van der Waals surface area (Å²) >= 11 is 0. The van der Waals surface area contributed by atoms with Gasteiger partial charge in [0.15, 0.2) is 23.0 Å². The zero-order valence-corrected chi connectivity index (χ0v) is 30.9. The number of hydrogen-bond acceptors (Lipinski definition) is 9. The van der Waals surface area contributed by atoms with Crippen molar-refractivity contribution in [1.29, 1.82) is 0 Å². The van der Waals surface area contributed by atoms with Gasteiger partial charge in [-0.2, -0.15) is 0 Å². The van der Waals surface area contributed by atoms with Crippen LogP contribution in [-0.4, -0.2) is 61.4 Å². The van der Waals surface area contributed by atoms with E-state index in [1.807, 2.05) is 34.6 Å². The Hall–Kier alpha value is -4.12. The SMILES string of the molecule is CC(C)NCC(O)c1ccc(O)c(O)c1.CC(N)Cc1ccccc1C1CCc2ccccc21.CCC(NC(C)C)C(O)c1ccc(O)c(O)c1. The van der Waals surface area contributed by atoms with Gasteiger partial charge in [-0.25, -0.2) is 0 Å². The number of aliphatic hydroxyl groups is 2. The van der Waals surface area contributed by atoms with Gasteiger partial charge in [-0.1, -0.05) is 95.3 Å². The number of phenolic OH excluding ortho intramolecular Hbond substituents is 4. The van der Waals surface area contributed by atoms with Crippen molar-refractivity contribution in [2.45, 2.75) is 110 Å². The number of fused-ring (bicyclic) bond motifs is 1. The number of nitrogens with two attached hydrogens (primary N) is 1.